The van der Waals surface area contributed by atoms with Crippen molar-refractivity contribution in [2.45, 2.75) is 26.7 Å². The number of thiophene rings is 1. The predicted molar refractivity (Wildman–Crippen MR) is 133 cm³/mol. The summed E-state index contributed by atoms with van der Waals surface area (Å²) in [5.41, 5.74) is 1.87. The lowest BCUT2D eigenvalue weighted by Crippen LogP contribution is -2.49. The number of hydrogen-bond donors (Lipinski definition) is 1. The van der Waals surface area contributed by atoms with Crippen molar-refractivity contribution in [3.05, 3.63) is 68.8 Å². The molecule has 3 aromatic rings. The minimum absolute atomic E-state index is 0.0836. The Morgan fingerprint density at radius 3 is 2.52 bits per heavy atom. The summed E-state index contributed by atoms with van der Waals surface area (Å²) in [5.74, 6) is 1.67. The molecule has 0 radical (unpaired) electrons. The average Bonchev–Trinajstić information content (AvgIpc) is 3.35. The smallest absolute Gasteiger partial charge is 0.265 e. The van der Waals surface area contributed by atoms with Crippen LogP contribution in [0.2, 0.25) is 5.02 Å². The van der Waals surface area contributed by atoms with Crippen molar-refractivity contribution < 1.29 is 9.59 Å². The highest BCUT2D eigenvalue weighted by molar-refractivity contribution is 7.12. The van der Waals surface area contributed by atoms with Gasteiger partial charge in [-0.15, -0.1) is 11.3 Å². The van der Waals surface area contributed by atoms with E-state index < -0.39 is 0 Å². The monoisotopic (exact) mass is 483 g/mol. The van der Waals surface area contributed by atoms with E-state index >= 15 is 0 Å². The average molecular weight is 484 g/mol. The lowest BCUT2D eigenvalue weighted by molar-refractivity contribution is 0.0746. The molecule has 0 spiro atoms. The number of amides is 2. The molecule has 1 N–H and O–H groups in total. The number of nitrogens with one attached hydrogen (secondary N) is 1. The Morgan fingerprint density at radius 1 is 1.09 bits per heavy atom. The third-order valence-electron chi connectivity index (χ3n) is 5.47. The summed E-state index contributed by atoms with van der Waals surface area (Å²) >= 11 is 7.62. The zero-order valence-electron chi connectivity index (χ0n) is 18.8. The number of hydrogen-bond acceptors (Lipinski definition) is 6. The molecule has 2 aromatic heterocycles. The number of carbonyl (C=O) groups is 2. The number of halogens is 1. The van der Waals surface area contributed by atoms with Crippen LogP contribution in [0.25, 0.3) is 0 Å². The molecule has 172 valence electrons. The number of rotatable bonds is 5. The summed E-state index contributed by atoms with van der Waals surface area (Å²) in [6.07, 6.45) is 0. The van der Waals surface area contributed by atoms with Gasteiger partial charge in [-0.25, -0.2) is 9.97 Å². The Morgan fingerprint density at radius 2 is 1.85 bits per heavy atom. The Bertz CT molecular complexity index is 1160. The first-order valence-electron chi connectivity index (χ1n) is 10.9. The van der Waals surface area contributed by atoms with Crippen LogP contribution in [0.3, 0.4) is 0 Å². The van der Waals surface area contributed by atoms with E-state index in [2.05, 4.69) is 29.0 Å². The van der Waals surface area contributed by atoms with Crippen molar-refractivity contribution in [3.8, 4) is 0 Å². The van der Waals surface area contributed by atoms with Crippen molar-refractivity contribution in [1.29, 1.82) is 0 Å². The maximum absolute atomic E-state index is 13.1. The molecule has 0 bridgehead atoms. The van der Waals surface area contributed by atoms with Gasteiger partial charge in [-0.2, -0.15) is 0 Å². The highest BCUT2D eigenvalue weighted by Crippen LogP contribution is 2.26. The van der Waals surface area contributed by atoms with Gasteiger partial charge in [0.05, 0.1) is 15.6 Å². The second-order valence-electron chi connectivity index (χ2n) is 8.29. The molecule has 0 saturated carbocycles. The second kappa shape index (κ2) is 9.89. The van der Waals surface area contributed by atoms with Gasteiger partial charge in [-0.05, 0) is 36.6 Å². The van der Waals surface area contributed by atoms with Crippen molar-refractivity contribution in [2.75, 3.05) is 36.4 Å². The number of anilines is 2. The van der Waals surface area contributed by atoms with E-state index in [0.717, 1.165) is 17.3 Å². The fourth-order valence-electron chi connectivity index (χ4n) is 3.66. The third-order valence-corrected chi connectivity index (χ3v) is 6.67. The van der Waals surface area contributed by atoms with Crippen LogP contribution in [0, 0.1) is 6.92 Å². The van der Waals surface area contributed by atoms with Crippen LogP contribution in [0.1, 0.15) is 51.3 Å². The molecular weight excluding hydrogens is 458 g/mol. The molecule has 1 aliphatic rings. The van der Waals surface area contributed by atoms with Crippen molar-refractivity contribution in [2.24, 2.45) is 0 Å². The first kappa shape index (κ1) is 23.2. The largest absolute Gasteiger partial charge is 0.353 e. The van der Waals surface area contributed by atoms with Crippen LogP contribution in [0.5, 0.6) is 0 Å². The molecule has 7 nitrogen and oxygen atoms in total. The van der Waals surface area contributed by atoms with Crippen LogP contribution in [-0.2, 0) is 0 Å². The molecule has 4 rings (SSSR count). The van der Waals surface area contributed by atoms with Crippen LogP contribution in [0.4, 0.5) is 11.5 Å². The summed E-state index contributed by atoms with van der Waals surface area (Å²) < 4.78 is 0. The molecule has 2 amide bonds. The molecule has 33 heavy (non-hydrogen) atoms. The number of benzene rings is 1. The van der Waals surface area contributed by atoms with Crippen LogP contribution in [-0.4, -0.2) is 52.9 Å². The Labute approximate surface area is 202 Å². The van der Waals surface area contributed by atoms with E-state index in [0.29, 0.717) is 47.3 Å². The first-order chi connectivity index (χ1) is 15.8. The summed E-state index contributed by atoms with van der Waals surface area (Å²) in [5, 5.41) is 5.03. The van der Waals surface area contributed by atoms with Gasteiger partial charge in [0.2, 0.25) is 0 Å². The van der Waals surface area contributed by atoms with E-state index in [1.165, 1.54) is 11.3 Å². The van der Waals surface area contributed by atoms with E-state index in [9.17, 15) is 9.59 Å². The number of carbonyl (C=O) groups excluding carboxylic acids is 2. The van der Waals surface area contributed by atoms with Crippen molar-refractivity contribution in [3.63, 3.8) is 0 Å². The molecule has 1 fully saturated rings. The van der Waals surface area contributed by atoms with Gasteiger partial charge in [0, 0.05) is 49.4 Å². The predicted octanol–water partition coefficient (Wildman–Crippen LogP) is 4.84. The number of aryl methyl sites for hydroxylation is 1. The van der Waals surface area contributed by atoms with Gasteiger partial charge in [0.1, 0.15) is 11.6 Å². The zero-order valence-corrected chi connectivity index (χ0v) is 20.4. The number of piperazine rings is 1. The highest BCUT2D eigenvalue weighted by Gasteiger charge is 2.24. The maximum atomic E-state index is 13.1. The number of aromatic nitrogens is 2. The van der Waals surface area contributed by atoms with Gasteiger partial charge in [-0.3, -0.25) is 9.59 Å². The first-order valence-corrected chi connectivity index (χ1v) is 12.1. The minimum atomic E-state index is -0.244. The fourth-order valence-corrected chi connectivity index (χ4v) is 4.45. The molecule has 9 heteroatoms. The normalized spacial score (nSPS) is 14.0. The third kappa shape index (κ3) is 5.34. The lowest BCUT2D eigenvalue weighted by Gasteiger charge is -2.35. The molecule has 0 unspecified atom stereocenters. The molecule has 1 aliphatic heterocycles. The topological polar surface area (TPSA) is 78.4 Å². The maximum Gasteiger partial charge on any atom is 0.265 e. The van der Waals surface area contributed by atoms with Crippen molar-refractivity contribution >= 4 is 46.3 Å². The van der Waals surface area contributed by atoms with E-state index in [1.54, 1.807) is 24.3 Å². The van der Waals surface area contributed by atoms with E-state index in [4.69, 9.17) is 16.6 Å². The zero-order chi connectivity index (χ0) is 23.5. The Kier molecular flexibility index (Phi) is 6.95. The Balaban J connectivity index is 1.43. The highest BCUT2D eigenvalue weighted by atomic mass is 35.5. The summed E-state index contributed by atoms with van der Waals surface area (Å²) in [7, 11) is 0. The van der Waals surface area contributed by atoms with Gasteiger partial charge < -0.3 is 15.1 Å². The lowest BCUT2D eigenvalue weighted by atomic mass is 10.1. The molecular formula is C24H26ClN5O2S. The quantitative estimate of drug-likeness (QED) is 0.562. The number of nitrogens with zero attached hydrogens (tertiary/aromatic N) is 4. The fraction of sp³-hybridized carbons (Fsp3) is 0.333. The standard InChI is InChI=1S/C24H26ClN5O2S/c1-15(2)22-26-16(3)13-21(28-22)29-8-10-30(11-9-29)24(32)17-6-7-18(25)19(14-17)27-23(31)20-5-4-12-33-20/h4-7,12-15H,8-11H2,1-3H3,(H,27,31). The molecule has 1 aromatic carbocycles. The van der Waals surface area contributed by atoms with Crippen LogP contribution >= 0.6 is 22.9 Å². The van der Waals surface area contributed by atoms with Crippen LogP contribution in [0.15, 0.2) is 41.8 Å². The van der Waals surface area contributed by atoms with Gasteiger partial charge in [-0.1, -0.05) is 31.5 Å². The molecule has 0 atom stereocenters. The van der Waals surface area contributed by atoms with E-state index in [1.807, 2.05) is 29.3 Å². The van der Waals surface area contributed by atoms with Gasteiger partial charge >= 0.3 is 0 Å². The SMILES string of the molecule is Cc1cc(N2CCN(C(=O)c3ccc(Cl)c(NC(=O)c4cccs4)c3)CC2)nc(C(C)C)n1. The molecule has 3 heterocycles. The van der Waals surface area contributed by atoms with E-state index in [-0.39, 0.29) is 17.7 Å². The van der Waals surface area contributed by atoms with Gasteiger partial charge in [0.25, 0.3) is 11.8 Å². The molecule has 0 aliphatic carbocycles. The second-order valence-corrected chi connectivity index (χ2v) is 9.64. The molecule has 1 saturated heterocycles. The van der Waals surface area contributed by atoms with Crippen molar-refractivity contribution in [1.82, 2.24) is 14.9 Å². The summed E-state index contributed by atoms with van der Waals surface area (Å²) in [6.45, 7) is 8.68. The van der Waals surface area contributed by atoms with Gasteiger partial charge in [0.15, 0.2) is 0 Å². The van der Waals surface area contributed by atoms with Crippen LogP contribution < -0.4 is 10.2 Å². The summed E-state index contributed by atoms with van der Waals surface area (Å²) in [4.78, 5) is 39.4. The minimum Gasteiger partial charge on any atom is -0.353 e. The summed E-state index contributed by atoms with van der Waals surface area (Å²) in [6, 6.07) is 10.5. The Hall–Kier alpha value is -2.97.